The summed E-state index contributed by atoms with van der Waals surface area (Å²) in [4.78, 5) is 29.1. The van der Waals surface area contributed by atoms with Gasteiger partial charge in [0, 0.05) is 23.5 Å². The monoisotopic (exact) mass is 616 g/mol. The van der Waals surface area contributed by atoms with Crippen LogP contribution in [0.15, 0.2) is 77.3 Å². The molecule has 0 unspecified atom stereocenters. The van der Waals surface area contributed by atoms with Crippen LogP contribution in [-0.4, -0.2) is 35.4 Å². The molecule has 0 heterocycles. The molecule has 1 aliphatic rings. The van der Waals surface area contributed by atoms with E-state index in [-0.39, 0.29) is 31.0 Å². The maximum absolute atomic E-state index is 13.8. The van der Waals surface area contributed by atoms with Gasteiger partial charge in [0.2, 0.25) is 5.91 Å². The molecule has 1 fully saturated rings. The molecule has 1 saturated carbocycles. The Morgan fingerprint density at radius 1 is 0.921 bits per heavy atom. The summed E-state index contributed by atoms with van der Waals surface area (Å²) in [5.41, 5.74) is 1.75. The van der Waals surface area contributed by atoms with E-state index in [2.05, 4.69) is 21.2 Å². The van der Waals surface area contributed by atoms with E-state index in [0.717, 1.165) is 41.3 Å². The molecule has 38 heavy (non-hydrogen) atoms. The molecule has 0 bridgehead atoms. The van der Waals surface area contributed by atoms with Gasteiger partial charge >= 0.3 is 0 Å². The Kier molecular flexibility index (Phi) is 10.5. The number of carbonyl (C=O) groups excluding carboxylic acids is 2. The van der Waals surface area contributed by atoms with Crippen LogP contribution in [0.4, 0.5) is 0 Å². The van der Waals surface area contributed by atoms with Crippen molar-refractivity contribution in [3.05, 3.63) is 98.4 Å². The Morgan fingerprint density at radius 3 is 2.32 bits per heavy atom. The van der Waals surface area contributed by atoms with Gasteiger partial charge in [-0.1, -0.05) is 94.8 Å². The predicted octanol–water partition coefficient (Wildman–Crippen LogP) is 7.22. The van der Waals surface area contributed by atoms with Crippen molar-refractivity contribution in [3.63, 3.8) is 0 Å². The van der Waals surface area contributed by atoms with Crippen molar-refractivity contribution >= 4 is 50.9 Å². The van der Waals surface area contributed by atoms with E-state index in [1.54, 1.807) is 29.2 Å². The minimum Gasteiger partial charge on any atom is -0.484 e. The van der Waals surface area contributed by atoms with E-state index in [9.17, 15) is 9.59 Å². The fourth-order valence-corrected chi connectivity index (χ4v) is 5.28. The molecular formula is C30H31BrCl2N2O3. The van der Waals surface area contributed by atoms with Crippen LogP contribution in [0, 0.1) is 0 Å². The SMILES string of the molecule is O=C(NC1CCCCC1)[C@@H](Cc1ccccc1)N(Cc1ccc(Cl)c(Cl)c1)C(=O)COc1ccc(Br)cc1. The summed E-state index contributed by atoms with van der Waals surface area (Å²) in [7, 11) is 0. The summed E-state index contributed by atoms with van der Waals surface area (Å²) >= 11 is 15.8. The van der Waals surface area contributed by atoms with Crippen LogP contribution in [-0.2, 0) is 22.6 Å². The first kappa shape index (κ1) is 28.5. The van der Waals surface area contributed by atoms with E-state index in [4.69, 9.17) is 27.9 Å². The number of nitrogens with one attached hydrogen (secondary N) is 1. The van der Waals surface area contributed by atoms with Crippen LogP contribution in [0.25, 0.3) is 0 Å². The molecule has 0 aliphatic heterocycles. The van der Waals surface area contributed by atoms with E-state index in [1.165, 1.54) is 6.42 Å². The highest BCUT2D eigenvalue weighted by atomic mass is 79.9. The first-order valence-corrected chi connectivity index (χ1v) is 14.4. The molecule has 4 rings (SSSR count). The number of ether oxygens (including phenoxy) is 1. The molecule has 0 saturated heterocycles. The quantitative estimate of drug-likeness (QED) is 0.261. The third-order valence-corrected chi connectivity index (χ3v) is 8.00. The lowest BCUT2D eigenvalue weighted by atomic mass is 9.94. The molecule has 200 valence electrons. The number of nitrogens with zero attached hydrogens (tertiary/aromatic N) is 1. The van der Waals surface area contributed by atoms with Gasteiger partial charge in [-0.05, 0) is 60.4 Å². The van der Waals surface area contributed by atoms with Crippen LogP contribution in [0.5, 0.6) is 5.75 Å². The summed E-state index contributed by atoms with van der Waals surface area (Å²) in [5.74, 6) is 0.124. The molecule has 8 heteroatoms. The normalized spacial score (nSPS) is 14.5. The average molecular weight is 618 g/mol. The van der Waals surface area contributed by atoms with E-state index >= 15 is 0 Å². The van der Waals surface area contributed by atoms with Crippen LogP contribution in [0.3, 0.4) is 0 Å². The lowest BCUT2D eigenvalue weighted by Crippen LogP contribution is -2.53. The van der Waals surface area contributed by atoms with Crippen molar-refractivity contribution in [1.82, 2.24) is 10.2 Å². The zero-order chi connectivity index (χ0) is 26.9. The topological polar surface area (TPSA) is 58.6 Å². The lowest BCUT2D eigenvalue weighted by Gasteiger charge is -2.33. The molecule has 0 radical (unpaired) electrons. The molecule has 0 spiro atoms. The molecule has 1 aliphatic carbocycles. The molecule has 1 N–H and O–H groups in total. The Morgan fingerprint density at radius 2 is 1.63 bits per heavy atom. The fraction of sp³-hybridized carbons (Fsp3) is 0.333. The molecule has 1 atom stereocenters. The van der Waals surface area contributed by atoms with Gasteiger partial charge in [-0.15, -0.1) is 0 Å². The van der Waals surface area contributed by atoms with Gasteiger partial charge in [0.15, 0.2) is 6.61 Å². The van der Waals surface area contributed by atoms with Crippen LogP contribution in [0.1, 0.15) is 43.2 Å². The average Bonchev–Trinajstić information content (AvgIpc) is 2.93. The lowest BCUT2D eigenvalue weighted by molar-refractivity contribution is -0.143. The van der Waals surface area contributed by atoms with Gasteiger partial charge in [0.05, 0.1) is 10.0 Å². The molecule has 0 aromatic heterocycles. The predicted molar refractivity (Wildman–Crippen MR) is 156 cm³/mol. The maximum atomic E-state index is 13.8. The second-order valence-corrected chi connectivity index (χ2v) is 11.3. The molecule has 3 aromatic rings. The molecule has 5 nitrogen and oxygen atoms in total. The van der Waals surface area contributed by atoms with Gasteiger partial charge in [0.1, 0.15) is 11.8 Å². The summed E-state index contributed by atoms with van der Waals surface area (Å²) in [6, 6.07) is 21.7. The molecular weight excluding hydrogens is 587 g/mol. The highest BCUT2D eigenvalue weighted by Gasteiger charge is 2.32. The minimum atomic E-state index is -0.727. The van der Waals surface area contributed by atoms with E-state index < -0.39 is 6.04 Å². The van der Waals surface area contributed by atoms with Crippen LogP contribution in [0.2, 0.25) is 10.0 Å². The standard InChI is InChI=1S/C30H31BrCl2N2O3/c31-23-12-14-25(15-13-23)38-20-29(36)35(19-22-11-16-26(32)27(33)17-22)28(18-21-7-3-1-4-8-21)30(37)34-24-9-5-2-6-10-24/h1,3-4,7-8,11-17,24,28H,2,5-6,9-10,18-20H2,(H,34,37)/t28-/m1/s1. The summed E-state index contributed by atoms with van der Waals surface area (Å²) in [6.45, 7) is -0.0139. The van der Waals surface area contributed by atoms with Crippen LogP contribution >= 0.6 is 39.1 Å². The summed E-state index contributed by atoms with van der Waals surface area (Å²) in [6.07, 6.45) is 5.68. The number of amides is 2. The first-order chi connectivity index (χ1) is 18.4. The van der Waals surface area contributed by atoms with Gasteiger partial charge in [-0.25, -0.2) is 0 Å². The third-order valence-electron chi connectivity index (χ3n) is 6.74. The number of benzene rings is 3. The van der Waals surface area contributed by atoms with Gasteiger partial charge in [-0.3, -0.25) is 9.59 Å². The largest absolute Gasteiger partial charge is 0.484 e. The van der Waals surface area contributed by atoms with Gasteiger partial charge in [-0.2, -0.15) is 0 Å². The van der Waals surface area contributed by atoms with E-state index in [0.29, 0.717) is 22.2 Å². The first-order valence-electron chi connectivity index (χ1n) is 12.8. The van der Waals surface area contributed by atoms with Gasteiger partial charge < -0.3 is 15.0 Å². The van der Waals surface area contributed by atoms with Crippen molar-refractivity contribution in [1.29, 1.82) is 0 Å². The molecule has 3 aromatic carbocycles. The number of rotatable bonds is 10. The Labute approximate surface area is 242 Å². The smallest absolute Gasteiger partial charge is 0.261 e. The second-order valence-electron chi connectivity index (χ2n) is 9.56. The minimum absolute atomic E-state index is 0.121. The number of halogens is 3. The van der Waals surface area contributed by atoms with Crippen molar-refractivity contribution in [2.75, 3.05) is 6.61 Å². The van der Waals surface area contributed by atoms with Crippen molar-refractivity contribution in [2.24, 2.45) is 0 Å². The van der Waals surface area contributed by atoms with Crippen molar-refractivity contribution in [3.8, 4) is 5.75 Å². The van der Waals surface area contributed by atoms with E-state index in [1.807, 2.05) is 48.5 Å². The highest BCUT2D eigenvalue weighted by molar-refractivity contribution is 9.10. The number of hydrogen-bond donors (Lipinski definition) is 1. The zero-order valence-electron chi connectivity index (χ0n) is 21.0. The fourth-order valence-electron chi connectivity index (χ4n) is 4.69. The second kappa shape index (κ2) is 14.0. The maximum Gasteiger partial charge on any atom is 0.261 e. The van der Waals surface area contributed by atoms with Gasteiger partial charge in [0.25, 0.3) is 5.91 Å². The Balaban J connectivity index is 1.62. The summed E-state index contributed by atoms with van der Waals surface area (Å²) < 4.78 is 6.74. The zero-order valence-corrected chi connectivity index (χ0v) is 24.1. The van der Waals surface area contributed by atoms with Crippen molar-refractivity contribution in [2.45, 2.75) is 57.2 Å². The Bertz CT molecular complexity index is 1220. The number of carbonyl (C=O) groups is 2. The number of hydrogen-bond acceptors (Lipinski definition) is 3. The highest BCUT2D eigenvalue weighted by Crippen LogP contribution is 2.25. The summed E-state index contributed by atoms with van der Waals surface area (Å²) in [5, 5.41) is 4.07. The Hall–Kier alpha value is -2.54. The van der Waals surface area contributed by atoms with Crippen LogP contribution < -0.4 is 10.1 Å². The molecule has 2 amide bonds. The van der Waals surface area contributed by atoms with Crippen molar-refractivity contribution < 1.29 is 14.3 Å². The third kappa shape index (κ3) is 8.23.